The van der Waals surface area contributed by atoms with Crippen LogP contribution in [-0.4, -0.2) is 58.9 Å². The fraction of sp³-hybridized carbons (Fsp3) is 0.462. The molecule has 21 heavy (non-hydrogen) atoms. The summed E-state index contributed by atoms with van der Waals surface area (Å²) in [6, 6.07) is 5.56. The lowest BCUT2D eigenvalue weighted by Crippen LogP contribution is -2.51. The molecule has 2 aliphatic rings. The molecule has 2 saturated heterocycles. The Morgan fingerprint density at radius 1 is 1.48 bits per heavy atom. The number of nitrogens with zero attached hydrogens (tertiary/aromatic N) is 3. The molecule has 3 amide bonds. The van der Waals surface area contributed by atoms with Crippen LogP contribution in [0.5, 0.6) is 0 Å². The van der Waals surface area contributed by atoms with Gasteiger partial charge >= 0.3 is 6.03 Å². The van der Waals surface area contributed by atoms with Gasteiger partial charge in [0, 0.05) is 32.7 Å². The summed E-state index contributed by atoms with van der Waals surface area (Å²) >= 11 is 0. The van der Waals surface area contributed by atoms with Crippen LogP contribution < -0.4 is 16.6 Å². The Labute approximate surface area is 122 Å². The number of pyridine rings is 1. The van der Waals surface area contributed by atoms with E-state index in [1.54, 1.807) is 12.1 Å². The van der Waals surface area contributed by atoms with Gasteiger partial charge in [0.05, 0.1) is 11.7 Å². The Bertz CT molecular complexity index is 563. The topological polar surface area (TPSA) is 104 Å². The van der Waals surface area contributed by atoms with Crippen LogP contribution in [-0.2, 0) is 6.54 Å². The molecule has 2 fully saturated rings. The monoisotopic (exact) mass is 290 g/mol. The lowest BCUT2D eigenvalue weighted by atomic mass is 10.2. The highest BCUT2D eigenvalue weighted by Crippen LogP contribution is 2.16. The van der Waals surface area contributed by atoms with Gasteiger partial charge in [0.2, 0.25) is 0 Å². The summed E-state index contributed by atoms with van der Waals surface area (Å²) in [5, 5.41) is 2.86. The SMILES string of the molecule is NNC(=O)c1cccc(CN2CCN3C(=O)NCC3C2)n1. The quantitative estimate of drug-likeness (QED) is 0.372. The van der Waals surface area contributed by atoms with Crippen LogP contribution in [0, 0.1) is 0 Å². The standard InChI is InChI=1S/C13H18N6O2/c14-17-12(20)11-3-1-2-9(16-11)7-18-4-5-19-10(8-18)6-15-13(19)21/h1-3,10H,4-8,14H2,(H,15,21)(H,17,20). The van der Waals surface area contributed by atoms with E-state index in [1.165, 1.54) is 0 Å². The van der Waals surface area contributed by atoms with Gasteiger partial charge in [-0.3, -0.25) is 15.1 Å². The van der Waals surface area contributed by atoms with Gasteiger partial charge in [-0.05, 0) is 12.1 Å². The van der Waals surface area contributed by atoms with Crippen LogP contribution >= 0.6 is 0 Å². The van der Waals surface area contributed by atoms with Crippen LogP contribution in [0.4, 0.5) is 4.79 Å². The molecule has 3 heterocycles. The van der Waals surface area contributed by atoms with Gasteiger partial charge in [0.15, 0.2) is 0 Å². The van der Waals surface area contributed by atoms with E-state index in [2.05, 4.69) is 20.6 Å². The summed E-state index contributed by atoms with van der Waals surface area (Å²) in [4.78, 5) is 31.5. The van der Waals surface area contributed by atoms with Crippen LogP contribution in [0.2, 0.25) is 0 Å². The Balaban J connectivity index is 1.65. The summed E-state index contributed by atoms with van der Waals surface area (Å²) in [6.07, 6.45) is 0. The first-order valence-corrected chi connectivity index (χ1v) is 6.91. The minimum Gasteiger partial charge on any atom is -0.336 e. The fourth-order valence-electron chi connectivity index (χ4n) is 2.81. The number of rotatable bonds is 3. The lowest BCUT2D eigenvalue weighted by Gasteiger charge is -2.36. The maximum absolute atomic E-state index is 11.6. The van der Waals surface area contributed by atoms with Crippen LogP contribution in [0.3, 0.4) is 0 Å². The van der Waals surface area contributed by atoms with Crippen molar-refractivity contribution in [2.45, 2.75) is 12.6 Å². The summed E-state index contributed by atoms with van der Waals surface area (Å²) in [5.74, 6) is 4.72. The number of fused-ring (bicyclic) bond motifs is 1. The first-order chi connectivity index (χ1) is 10.2. The Morgan fingerprint density at radius 3 is 3.14 bits per heavy atom. The van der Waals surface area contributed by atoms with Crippen molar-refractivity contribution in [3.05, 3.63) is 29.6 Å². The molecular formula is C13H18N6O2. The van der Waals surface area contributed by atoms with Crippen molar-refractivity contribution in [3.63, 3.8) is 0 Å². The largest absolute Gasteiger partial charge is 0.336 e. The average molecular weight is 290 g/mol. The van der Waals surface area contributed by atoms with Gasteiger partial charge in [-0.15, -0.1) is 0 Å². The number of nitrogens with two attached hydrogens (primary N) is 1. The molecule has 0 bridgehead atoms. The molecule has 1 atom stereocenters. The third-order valence-electron chi connectivity index (χ3n) is 3.87. The predicted octanol–water partition coefficient (Wildman–Crippen LogP) is -1.11. The van der Waals surface area contributed by atoms with Crippen LogP contribution in [0.1, 0.15) is 16.2 Å². The first-order valence-electron chi connectivity index (χ1n) is 6.91. The number of urea groups is 1. The van der Waals surface area contributed by atoms with Crippen molar-refractivity contribution in [2.24, 2.45) is 5.84 Å². The van der Waals surface area contributed by atoms with Crippen molar-refractivity contribution in [2.75, 3.05) is 26.2 Å². The number of carbonyl (C=O) groups excluding carboxylic acids is 2. The van der Waals surface area contributed by atoms with Gasteiger partial charge in [-0.25, -0.2) is 15.6 Å². The highest BCUT2D eigenvalue weighted by atomic mass is 16.2. The number of amides is 3. The molecule has 1 unspecified atom stereocenters. The minimum absolute atomic E-state index is 0.0272. The van der Waals surface area contributed by atoms with E-state index in [-0.39, 0.29) is 12.1 Å². The second-order valence-corrected chi connectivity index (χ2v) is 5.26. The zero-order valence-electron chi connectivity index (χ0n) is 11.6. The molecule has 1 aromatic heterocycles. The predicted molar refractivity (Wildman–Crippen MR) is 75.1 cm³/mol. The number of nitrogens with one attached hydrogen (secondary N) is 2. The van der Waals surface area contributed by atoms with Crippen molar-refractivity contribution in [1.82, 2.24) is 25.5 Å². The molecule has 8 nitrogen and oxygen atoms in total. The zero-order chi connectivity index (χ0) is 14.8. The van der Waals surface area contributed by atoms with Crippen molar-refractivity contribution >= 4 is 11.9 Å². The maximum Gasteiger partial charge on any atom is 0.317 e. The zero-order valence-corrected chi connectivity index (χ0v) is 11.6. The number of piperazine rings is 1. The van der Waals surface area contributed by atoms with Crippen molar-refractivity contribution in [1.29, 1.82) is 0 Å². The second-order valence-electron chi connectivity index (χ2n) is 5.26. The molecule has 0 spiro atoms. The average Bonchev–Trinajstić information content (AvgIpc) is 2.87. The molecule has 112 valence electrons. The Hall–Kier alpha value is -2.19. The number of aromatic nitrogens is 1. The summed E-state index contributed by atoms with van der Waals surface area (Å²) in [6.45, 7) is 3.69. The van der Waals surface area contributed by atoms with Crippen LogP contribution in [0.15, 0.2) is 18.2 Å². The Morgan fingerprint density at radius 2 is 2.33 bits per heavy atom. The molecule has 0 radical (unpaired) electrons. The van der Waals surface area contributed by atoms with E-state index in [4.69, 9.17) is 5.84 Å². The molecule has 0 aromatic carbocycles. The van der Waals surface area contributed by atoms with Gasteiger partial charge in [-0.2, -0.15) is 0 Å². The fourth-order valence-corrected chi connectivity index (χ4v) is 2.81. The molecule has 3 rings (SSSR count). The maximum atomic E-state index is 11.6. The number of hydrogen-bond donors (Lipinski definition) is 3. The number of hydrazine groups is 1. The first kappa shape index (κ1) is 13.8. The van der Waals surface area contributed by atoms with Gasteiger partial charge in [0.25, 0.3) is 5.91 Å². The summed E-state index contributed by atoms with van der Waals surface area (Å²) in [5.41, 5.74) is 3.21. The normalized spacial score (nSPS) is 21.9. The third-order valence-corrected chi connectivity index (χ3v) is 3.87. The molecule has 4 N–H and O–H groups in total. The highest BCUT2D eigenvalue weighted by Gasteiger charge is 2.35. The van der Waals surface area contributed by atoms with Crippen molar-refractivity contribution in [3.8, 4) is 0 Å². The summed E-state index contributed by atoms with van der Waals surface area (Å²) < 4.78 is 0. The van der Waals surface area contributed by atoms with E-state index < -0.39 is 5.91 Å². The van der Waals surface area contributed by atoms with E-state index >= 15 is 0 Å². The van der Waals surface area contributed by atoms with Gasteiger partial charge in [-0.1, -0.05) is 6.07 Å². The highest BCUT2D eigenvalue weighted by molar-refractivity contribution is 5.91. The van der Waals surface area contributed by atoms with Gasteiger partial charge in [0.1, 0.15) is 5.69 Å². The molecule has 0 aliphatic carbocycles. The second kappa shape index (κ2) is 5.66. The van der Waals surface area contributed by atoms with Crippen LogP contribution in [0.25, 0.3) is 0 Å². The third kappa shape index (κ3) is 2.81. The molecular weight excluding hydrogens is 272 g/mol. The molecule has 2 aliphatic heterocycles. The van der Waals surface area contributed by atoms with E-state index in [9.17, 15) is 9.59 Å². The molecule has 8 heteroatoms. The number of hydrogen-bond acceptors (Lipinski definition) is 5. The van der Waals surface area contributed by atoms with E-state index in [0.717, 1.165) is 25.3 Å². The molecule has 1 aromatic rings. The molecule has 0 saturated carbocycles. The van der Waals surface area contributed by atoms with E-state index in [1.807, 2.05) is 11.0 Å². The number of carbonyl (C=O) groups is 2. The number of nitrogen functional groups attached to an aromatic ring is 1. The smallest absolute Gasteiger partial charge is 0.317 e. The van der Waals surface area contributed by atoms with E-state index in [0.29, 0.717) is 18.8 Å². The van der Waals surface area contributed by atoms with Crippen molar-refractivity contribution < 1.29 is 9.59 Å². The van der Waals surface area contributed by atoms with Gasteiger partial charge < -0.3 is 10.2 Å². The lowest BCUT2D eigenvalue weighted by molar-refractivity contribution is 0.0946. The Kier molecular flexibility index (Phi) is 3.72. The summed E-state index contributed by atoms with van der Waals surface area (Å²) in [7, 11) is 0. The minimum atomic E-state index is -0.396.